The van der Waals surface area contributed by atoms with E-state index in [0.717, 1.165) is 0 Å². The molecule has 16 nitrogen and oxygen atoms in total. The lowest BCUT2D eigenvalue weighted by atomic mass is 10.7. The van der Waals surface area contributed by atoms with Gasteiger partial charge in [-0.15, -0.1) is 0 Å². The maximum Gasteiger partial charge on any atom is 0.592 e. The number of rotatable bonds is 6. The molecule has 0 heterocycles. The van der Waals surface area contributed by atoms with Crippen LogP contribution in [0.25, 0.3) is 0 Å². The molecule has 0 bridgehead atoms. The van der Waals surface area contributed by atoms with E-state index in [-0.39, 0.29) is 0 Å². The highest BCUT2D eigenvalue weighted by molar-refractivity contribution is 7.46. The average molecular weight is 342 g/mol. The summed E-state index contributed by atoms with van der Waals surface area (Å²) in [5.41, 5.74) is 0. The maximum absolute atomic E-state index is 10.7. The normalized spacial score (nSPS) is 11.2. The van der Waals surface area contributed by atoms with Crippen molar-refractivity contribution < 1.29 is 67.4 Å². The Kier molecular flexibility index (Phi) is 5.83. The van der Waals surface area contributed by atoms with E-state index >= 15 is 0 Å². The van der Waals surface area contributed by atoms with E-state index < -0.39 is 37.8 Å². The highest BCUT2D eigenvalue weighted by Crippen LogP contribution is 2.36. The van der Waals surface area contributed by atoms with Gasteiger partial charge in [-0.2, -0.15) is 0 Å². The maximum atomic E-state index is 10.7. The lowest BCUT2D eigenvalue weighted by Gasteiger charge is -1.93. The van der Waals surface area contributed by atoms with Gasteiger partial charge in [0.15, 0.2) is 0 Å². The van der Waals surface area contributed by atoms with Gasteiger partial charge in [0.25, 0.3) is 0 Å². The van der Waals surface area contributed by atoms with Gasteiger partial charge in [-0.1, -0.05) is 18.9 Å². The van der Waals surface area contributed by atoms with Crippen molar-refractivity contribution in [2.24, 2.45) is 0 Å². The summed E-state index contributed by atoms with van der Waals surface area (Å²) in [5, 5.41) is -2.94. The molecule has 0 aliphatic rings. The van der Waals surface area contributed by atoms with Crippen LogP contribution >= 0.6 is 15.6 Å². The summed E-state index contributed by atoms with van der Waals surface area (Å²) in [5.74, 6) is -4.66. The molecular formula is C2H4N2O14P2+2. The van der Waals surface area contributed by atoms with Crippen molar-refractivity contribution in [3.05, 3.63) is 9.81 Å². The fourth-order valence-corrected chi connectivity index (χ4v) is 0.831. The molecule has 18 heteroatoms. The minimum absolute atomic E-state index is 1.47. The second-order valence-electron chi connectivity index (χ2n) is 2.35. The molecular weight excluding hydrogens is 338 g/mol. The quantitative estimate of drug-likeness (QED) is 0.222. The van der Waals surface area contributed by atoms with Crippen molar-refractivity contribution in [2.75, 3.05) is 0 Å². The van der Waals surface area contributed by atoms with Crippen LogP contribution in [0.3, 0.4) is 0 Å². The van der Waals surface area contributed by atoms with E-state index in [1.807, 2.05) is 0 Å². The summed E-state index contributed by atoms with van der Waals surface area (Å²) in [6, 6.07) is 0. The Morgan fingerprint density at radius 1 is 0.750 bits per heavy atom. The van der Waals surface area contributed by atoms with Gasteiger partial charge < -0.3 is 0 Å². The average Bonchev–Trinajstić information content (AvgIpc) is 2.10. The number of hydrogen-bond acceptors (Lipinski definition) is 10. The molecule has 0 aromatic heterocycles. The van der Waals surface area contributed by atoms with E-state index in [9.17, 15) is 28.5 Å². The summed E-state index contributed by atoms with van der Waals surface area (Å²) >= 11 is 0. The van der Waals surface area contributed by atoms with Gasteiger partial charge in [0.1, 0.15) is 9.81 Å². The molecule has 0 unspecified atom stereocenters. The van der Waals surface area contributed by atoms with Crippen LogP contribution < -0.4 is 0 Å². The van der Waals surface area contributed by atoms with Gasteiger partial charge in [-0.25, -0.2) is 18.7 Å². The van der Waals surface area contributed by atoms with Crippen molar-refractivity contribution in [2.45, 2.75) is 0 Å². The molecule has 0 saturated heterocycles. The highest BCUT2D eigenvalue weighted by Gasteiger charge is 2.41. The zero-order chi connectivity index (χ0) is 16.1. The summed E-state index contributed by atoms with van der Waals surface area (Å²) in [7, 11) is -10.8. The lowest BCUT2D eigenvalue weighted by Crippen LogP contribution is -2.27. The molecule has 20 heavy (non-hydrogen) atoms. The Bertz CT molecular complexity index is 475. The zero-order valence-corrected chi connectivity index (χ0v) is 10.4. The van der Waals surface area contributed by atoms with Crippen LogP contribution in [0, 0.1) is 9.81 Å². The van der Waals surface area contributed by atoms with E-state index in [2.05, 4.69) is 18.9 Å². The van der Waals surface area contributed by atoms with Crippen molar-refractivity contribution in [3.8, 4) is 0 Å². The van der Waals surface area contributed by atoms with Crippen molar-refractivity contribution in [1.29, 1.82) is 0 Å². The van der Waals surface area contributed by atoms with Crippen molar-refractivity contribution in [3.63, 3.8) is 0 Å². The third-order valence-corrected chi connectivity index (χ3v) is 1.52. The van der Waals surface area contributed by atoms with Gasteiger partial charge >= 0.3 is 37.8 Å². The molecule has 0 aromatic carbocycles. The summed E-state index contributed by atoms with van der Waals surface area (Å²) in [6.45, 7) is 0. The Hall–Kier alpha value is -1.96. The first-order valence-corrected chi connectivity index (χ1v) is 6.75. The third kappa shape index (κ3) is 9.03. The number of carbonyl (C=O) groups excluding carboxylic acids is 2. The summed E-state index contributed by atoms with van der Waals surface area (Å²) in [4.78, 5) is 80.9. The SMILES string of the molecule is O=C(O[N+](=O)OP(=O)(O)O)C(=O)O[N+](=O)OP(=O)(O)O. The standard InChI is InChI=1S/C2H2N2O14P2/c5-1(15-3(7)17-19(9,10)11)2(6)16-4(8)18-20(12,13)14/h(H2-2,9,10,11,12,13,14)/p+2. The zero-order valence-electron chi connectivity index (χ0n) is 8.66. The third-order valence-electron chi connectivity index (χ3n) is 0.828. The first kappa shape index (κ1) is 18.0. The Balaban J connectivity index is 4.40. The Morgan fingerprint density at radius 2 is 1.00 bits per heavy atom. The second kappa shape index (κ2) is 6.47. The largest absolute Gasteiger partial charge is 0.592 e. The molecule has 0 fully saturated rings. The highest BCUT2D eigenvalue weighted by atomic mass is 31.2. The fourth-order valence-electron chi connectivity index (χ4n) is 0.417. The molecule has 0 amide bonds. The molecule has 0 aliphatic carbocycles. The van der Waals surface area contributed by atoms with Crippen LogP contribution in [0.15, 0.2) is 0 Å². The van der Waals surface area contributed by atoms with Gasteiger partial charge in [-0.3, -0.25) is 19.6 Å². The number of carbonyl (C=O) groups is 2. The monoisotopic (exact) mass is 342 g/mol. The van der Waals surface area contributed by atoms with Crippen LogP contribution in [0.4, 0.5) is 0 Å². The minimum Gasteiger partial charge on any atom is -0.289 e. The molecule has 0 atom stereocenters. The summed E-state index contributed by atoms with van der Waals surface area (Å²) in [6.07, 6.45) is 0. The molecule has 0 aromatic rings. The van der Waals surface area contributed by atoms with Crippen LogP contribution in [-0.2, 0) is 37.6 Å². The van der Waals surface area contributed by atoms with E-state index in [4.69, 9.17) is 19.6 Å². The molecule has 0 radical (unpaired) electrons. The molecule has 0 rings (SSSR count). The molecule has 0 saturated carbocycles. The second-order valence-corrected chi connectivity index (χ2v) is 4.64. The molecule has 0 aliphatic heterocycles. The Morgan fingerprint density at radius 3 is 1.20 bits per heavy atom. The predicted molar refractivity (Wildman–Crippen MR) is 45.7 cm³/mol. The molecule has 114 valence electrons. The van der Waals surface area contributed by atoms with Crippen molar-refractivity contribution in [1.82, 2.24) is 0 Å². The van der Waals surface area contributed by atoms with E-state index in [0.29, 0.717) is 0 Å². The van der Waals surface area contributed by atoms with Gasteiger partial charge in [0.2, 0.25) is 0 Å². The van der Waals surface area contributed by atoms with E-state index in [1.54, 1.807) is 0 Å². The van der Waals surface area contributed by atoms with E-state index in [1.165, 1.54) is 0 Å². The van der Waals surface area contributed by atoms with Crippen molar-refractivity contribution >= 4 is 27.6 Å². The van der Waals surface area contributed by atoms with Crippen LogP contribution in [0.1, 0.15) is 0 Å². The first-order valence-electron chi connectivity index (χ1n) is 3.69. The molecule has 0 spiro atoms. The summed E-state index contributed by atoms with van der Waals surface area (Å²) < 4.78 is 26.4. The minimum atomic E-state index is -5.38. The fraction of sp³-hybridized carbons (Fsp3) is 0. The smallest absolute Gasteiger partial charge is 0.289 e. The molecule has 4 N–H and O–H groups in total. The van der Waals surface area contributed by atoms with Crippen LogP contribution in [-0.4, -0.2) is 41.7 Å². The van der Waals surface area contributed by atoms with Gasteiger partial charge in [-0.05, 0) is 0 Å². The Labute approximate surface area is 106 Å². The lowest BCUT2D eigenvalue weighted by molar-refractivity contribution is -0.943. The first-order chi connectivity index (χ1) is 8.80. The predicted octanol–water partition coefficient (Wildman–Crippen LogP) is -2.49. The topological polar surface area (TPSA) is 226 Å². The number of nitrogens with zero attached hydrogens (tertiary/aromatic N) is 2. The van der Waals surface area contributed by atoms with Crippen LogP contribution in [0.2, 0.25) is 0 Å². The number of phosphoric acid groups is 2. The van der Waals surface area contributed by atoms with Gasteiger partial charge in [0, 0.05) is 0 Å². The number of hydrogen-bond donors (Lipinski definition) is 4. The van der Waals surface area contributed by atoms with Crippen LogP contribution in [0.5, 0.6) is 0 Å². The van der Waals surface area contributed by atoms with Gasteiger partial charge in [0.05, 0.1) is 0 Å².